The average Bonchev–Trinajstić information content (AvgIpc) is 2.47. The highest BCUT2D eigenvalue weighted by molar-refractivity contribution is 5.97. The normalized spacial score (nSPS) is 11.5. The van der Waals surface area contributed by atoms with Gasteiger partial charge >= 0.3 is 0 Å². The van der Waals surface area contributed by atoms with Crippen LogP contribution in [0.3, 0.4) is 0 Å². The van der Waals surface area contributed by atoms with Gasteiger partial charge in [0.15, 0.2) is 23.2 Å². The van der Waals surface area contributed by atoms with E-state index in [1.54, 1.807) is 6.07 Å². The zero-order chi connectivity index (χ0) is 15.4. The number of hydrogen-bond acceptors (Lipinski definition) is 3. The molecule has 110 valence electrons. The fourth-order valence-corrected chi connectivity index (χ4v) is 1.67. The molecule has 0 aromatic heterocycles. The first-order chi connectivity index (χ1) is 10.0. The smallest absolute Gasteiger partial charge is 0.191 e. The Balaban J connectivity index is 2.23. The van der Waals surface area contributed by atoms with E-state index in [4.69, 9.17) is 15.7 Å². The number of hydrogen-bond donors (Lipinski definition) is 2. The molecule has 0 heterocycles. The van der Waals surface area contributed by atoms with Crippen LogP contribution >= 0.6 is 0 Å². The molecular weight excluding hydrogens is 285 g/mol. The molecule has 0 fully saturated rings. The van der Waals surface area contributed by atoms with Gasteiger partial charge in [-0.1, -0.05) is 23.4 Å². The van der Waals surface area contributed by atoms with Gasteiger partial charge in [0.2, 0.25) is 0 Å². The van der Waals surface area contributed by atoms with Crippen LogP contribution in [0.15, 0.2) is 41.6 Å². The molecule has 0 saturated carbocycles. The summed E-state index contributed by atoms with van der Waals surface area (Å²) in [7, 11) is 0. The molecule has 0 saturated heterocycles. The third kappa shape index (κ3) is 3.25. The Hall–Kier alpha value is -2.70. The zero-order valence-electron chi connectivity index (χ0n) is 10.7. The fraction of sp³-hybridized carbons (Fsp3) is 0.0714. The molecule has 21 heavy (non-hydrogen) atoms. The number of rotatable bonds is 4. The van der Waals surface area contributed by atoms with Crippen LogP contribution in [0.2, 0.25) is 0 Å². The lowest BCUT2D eigenvalue weighted by atomic mass is 10.2. The topological polar surface area (TPSA) is 67.8 Å². The third-order valence-electron chi connectivity index (χ3n) is 2.73. The van der Waals surface area contributed by atoms with E-state index in [9.17, 15) is 13.2 Å². The summed E-state index contributed by atoms with van der Waals surface area (Å²) in [6, 6.07) is 7.44. The molecule has 2 aromatic carbocycles. The molecule has 0 aliphatic rings. The molecule has 0 aliphatic carbocycles. The van der Waals surface area contributed by atoms with Crippen molar-refractivity contribution in [2.24, 2.45) is 10.9 Å². The molecule has 3 N–H and O–H groups in total. The predicted octanol–water partition coefficient (Wildman–Crippen LogP) is 2.78. The van der Waals surface area contributed by atoms with Crippen molar-refractivity contribution in [3.8, 4) is 5.75 Å². The molecule has 7 heteroatoms. The number of nitrogens with zero attached hydrogens (tertiary/aromatic N) is 1. The van der Waals surface area contributed by atoms with Gasteiger partial charge in [-0.15, -0.1) is 0 Å². The summed E-state index contributed by atoms with van der Waals surface area (Å²) in [6.45, 7) is -0.330. The van der Waals surface area contributed by atoms with Gasteiger partial charge in [0, 0.05) is 11.1 Å². The van der Waals surface area contributed by atoms with Gasteiger partial charge in [-0.25, -0.2) is 13.2 Å². The quantitative estimate of drug-likeness (QED) is 0.394. The summed E-state index contributed by atoms with van der Waals surface area (Å²) < 4.78 is 45.9. The Kier molecular flexibility index (Phi) is 4.32. The second-order valence-corrected chi connectivity index (χ2v) is 4.13. The van der Waals surface area contributed by atoms with Crippen LogP contribution in [0.1, 0.15) is 11.1 Å². The highest BCUT2D eigenvalue weighted by Crippen LogP contribution is 2.24. The van der Waals surface area contributed by atoms with E-state index < -0.39 is 29.0 Å². The number of nitrogens with two attached hydrogens (primary N) is 1. The number of amidine groups is 1. The van der Waals surface area contributed by atoms with Gasteiger partial charge in [0.25, 0.3) is 0 Å². The second kappa shape index (κ2) is 6.17. The van der Waals surface area contributed by atoms with Crippen LogP contribution < -0.4 is 10.5 Å². The summed E-state index contributed by atoms with van der Waals surface area (Å²) in [4.78, 5) is 0. The van der Waals surface area contributed by atoms with E-state index in [1.807, 2.05) is 0 Å². The molecule has 0 radical (unpaired) electrons. The van der Waals surface area contributed by atoms with E-state index in [2.05, 4.69) is 5.16 Å². The summed E-state index contributed by atoms with van der Waals surface area (Å²) in [5, 5.41) is 11.1. The standard InChI is InChI=1S/C14H11F3N2O2/c15-10-4-2-1-3-8(10)7-21-13-11(16)5-9(6-12(13)17)14(18)19-20/h1-6,20H,7H2,(H2,18,19). The average molecular weight is 296 g/mol. The Morgan fingerprint density at radius 1 is 1.10 bits per heavy atom. The highest BCUT2D eigenvalue weighted by atomic mass is 19.1. The van der Waals surface area contributed by atoms with Crippen LogP contribution in [-0.4, -0.2) is 11.0 Å². The lowest BCUT2D eigenvalue weighted by Crippen LogP contribution is -2.14. The van der Waals surface area contributed by atoms with Crippen molar-refractivity contribution in [3.63, 3.8) is 0 Å². The lowest BCUT2D eigenvalue weighted by molar-refractivity contribution is 0.269. The Morgan fingerprint density at radius 3 is 2.29 bits per heavy atom. The minimum Gasteiger partial charge on any atom is -0.483 e. The molecule has 0 atom stereocenters. The van der Waals surface area contributed by atoms with Gasteiger partial charge in [0.05, 0.1) is 0 Å². The van der Waals surface area contributed by atoms with Crippen LogP contribution in [0.5, 0.6) is 5.75 Å². The minimum absolute atomic E-state index is 0.134. The molecule has 2 rings (SSSR count). The Labute approximate surface area is 118 Å². The Bertz CT molecular complexity index is 667. The van der Waals surface area contributed by atoms with Crippen LogP contribution in [0, 0.1) is 17.5 Å². The summed E-state index contributed by atoms with van der Waals surface area (Å²) >= 11 is 0. The van der Waals surface area contributed by atoms with Crippen molar-refractivity contribution in [1.29, 1.82) is 0 Å². The predicted molar refractivity (Wildman–Crippen MR) is 69.6 cm³/mol. The van der Waals surface area contributed by atoms with E-state index in [1.165, 1.54) is 18.2 Å². The van der Waals surface area contributed by atoms with E-state index in [0.717, 1.165) is 12.1 Å². The second-order valence-electron chi connectivity index (χ2n) is 4.13. The zero-order valence-corrected chi connectivity index (χ0v) is 10.7. The van der Waals surface area contributed by atoms with Gasteiger partial charge < -0.3 is 15.7 Å². The minimum atomic E-state index is -1.03. The number of ether oxygens (including phenoxy) is 1. The van der Waals surface area contributed by atoms with Crippen molar-refractivity contribution in [1.82, 2.24) is 0 Å². The van der Waals surface area contributed by atoms with E-state index >= 15 is 0 Å². The van der Waals surface area contributed by atoms with Crippen LogP contribution in [0.4, 0.5) is 13.2 Å². The SMILES string of the molecule is N/C(=N/O)c1cc(F)c(OCc2ccccc2F)c(F)c1. The van der Waals surface area contributed by atoms with Crippen LogP contribution in [0.25, 0.3) is 0 Å². The number of oxime groups is 1. The first-order valence-electron chi connectivity index (χ1n) is 5.86. The molecule has 0 unspecified atom stereocenters. The van der Waals surface area contributed by atoms with Gasteiger partial charge in [-0.2, -0.15) is 0 Å². The Morgan fingerprint density at radius 2 is 1.71 bits per heavy atom. The van der Waals surface area contributed by atoms with Crippen molar-refractivity contribution < 1.29 is 23.1 Å². The molecule has 0 amide bonds. The third-order valence-corrected chi connectivity index (χ3v) is 2.73. The first-order valence-corrected chi connectivity index (χ1v) is 5.86. The van der Waals surface area contributed by atoms with Crippen molar-refractivity contribution in [3.05, 3.63) is 65.0 Å². The van der Waals surface area contributed by atoms with E-state index in [-0.39, 0.29) is 17.7 Å². The van der Waals surface area contributed by atoms with Crippen molar-refractivity contribution >= 4 is 5.84 Å². The number of benzene rings is 2. The summed E-state index contributed by atoms with van der Waals surface area (Å²) in [5.41, 5.74) is 5.27. The van der Waals surface area contributed by atoms with Crippen LogP contribution in [-0.2, 0) is 6.61 Å². The maximum atomic E-state index is 13.8. The molecule has 2 aromatic rings. The van der Waals surface area contributed by atoms with Gasteiger partial charge in [-0.05, 0) is 18.2 Å². The highest BCUT2D eigenvalue weighted by Gasteiger charge is 2.15. The van der Waals surface area contributed by atoms with Crippen molar-refractivity contribution in [2.45, 2.75) is 6.61 Å². The maximum absolute atomic E-state index is 13.8. The molecule has 0 aliphatic heterocycles. The fourth-order valence-electron chi connectivity index (χ4n) is 1.67. The monoisotopic (exact) mass is 296 g/mol. The number of halogens is 3. The van der Waals surface area contributed by atoms with Crippen molar-refractivity contribution in [2.75, 3.05) is 0 Å². The largest absolute Gasteiger partial charge is 0.483 e. The van der Waals surface area contributed by atoms with Gasteiger partial charge in [-0.3, -0.25) is 0 Å². The molecular formula is C14H11F3N2O2. The molecule has 0 spiro atoms. The summed E-state index contributed by atoms with van der Waals surface area (Å²) in [6.07, 6.45) is 0. The maximum Gasteiger partial charge on any atom is 0.191 e. The first kappa shape index (κ1) is 14.7. The molecule has 0 bridgehead atoms. The molecule has 4 nitrogen and oxygen atoms in total. The van der Waals surface area contributed by atoms with E-state index in [0.29, 0.717) is 0 Å². The lowest BCUT2D eigenvalue weighted by Gasteiger charge is -2.10. The summed E-state index contributed by atoms with van der Waals surface area (Å²) in [5.74, 6) is -3.70. The van der Waals surface area contributed by atoms with Gasteiger partial charge in [0.1, 0.15) is 12.4 Å².